The number of carbonyl (C=O) groups is 1. The molecule has 1 aromatic heterocycles. The van der Waals surface area contributed by atoms with Gasteiger partial charge in [-0.15, -0.1) is 11.3 Å². The van der Waals surface area contributed by atoms with Crippen LogP contribution in [0.4, 0.5) is 5.69 Å². The number of nitrogens with one attached hydrogen (secondary N) is 1. The van der Waals surface area contributed by atoms with Gasteiger partial charge in [0.25, 0.3) is 5.91 Å². The number of rotatable bonds is 9. The maximum Gasteiger partial charge on any atom is 0.251 e. The van der Waals surface area contributed by atoms with Crippen LogP contribution in [0.3, 0.4) is 0 Å². The van der Waals surface area contributed by atoms with E-state index in [9.17, 15) is 4.79 Å². The molecule has 0 spiro atoms. The molecule has 0 radical (unpaired) electrons. The van der Waals surface area contributed by atoms with E-state index in [1.54, 1.807) is 12.1 Å². The number of amides is 1. The summed E-state index contributed by atoms with van der Waals surface area (Å²) in [5, 5.41) is 4.88. The van der Waals surface area contributed by atoms with Crippen molar-refractivity contribution in [2.75, 3.05) is 13.2 Å². The monoisotopic (exact) mass is 393 g/mol. The Morgan fingerprint density at radius 1 is 1.04 bits per heavy atom. The number of thiophene rings is 1. The Morgan fingerprint density at radius 3 is 2.68 bits per heavy atom. The van der Waals surface area contributed by atoms with Crippen LogP contribution in [0.25, 0.3) is 0 Å². The fourth-order valence-electron chi connectivity index (χ4n) is 2.57. The standard InChI is InChI=1S/C22H23N3O2S/c23-21(20-12-7-15-28-20)25-18-9-6-8-17(16-18)22(26)24-13-4-5-14-27-19-10-2-1-3-11-19/h1-3,6-12,15-16H,4-5,13-14H2,(H2,23,25)(H,24,26). The molecule has 0 atom stereocenters. The third-order valence-corrected chi connectivity index (χ3v) is 4.89. The van der Waals surface area contributed by atoms with Crippen molar-refractivity contribution in [1.29, 1.82) is 0 Å². The molecule has 5 nitrogen and oxygen atoms in total. The van der Waals surface area contributed by atoms with E-state index < -0.39 is 0 Å². The average Bonchev–Trinajstić information content (AvgIpc) is 3.26. The number of benzene rings is 2. The number of unbranched alkanes of at least 4 members (excludes halogenated alkanes) is 1. The lowest BCUT2D eigenvalue weighted by atomic mass is 10.2. The minimum Gasteiger partial charge on any atom is -0.494 e. The number of ether oxygens (including phenoxy) is 1. The van der Waals surface area contributed by atoms with Crippen LogP contribution < -0.4 is 15.8 Å². The zero-order valence-corrected chi connectivity index (χ0v) is 16.3. The van der Waals surface area contributed by atoms with E-state index in [4.69, 9.17) is 10.5 Å². The number of aliphatic imine (C=N–C) groups is 1. The van der Waals surface area contributed by atoms with Gasteiger partial charge in [0.05, 0.1) is 17.2 Å². The molecule has 0 aliphatic rings. The molecular weight excluding hydrogens is 370 g/mol. The van der Waals surface area contributed by atoms with Gasteiger partial charge in [-0.25, -0.2) is 4.99 Å². The van der Waals surface area contributed by atoms with Gasteiger partial charge in [0, 0.05) is 12.1 Å². The van der Waals surface area contributed by atoms with Crippen LogP contribution in [0.15, 0.2) is 77.1 Å². The number of para-hydroxylation sites is 1. The Morgan fingerprint density at radius 2 is 1.89 bits per heavy atom. The quantitative estimate of drug-likeness (QED) is 0.322. The maximum absolute atomic E-state index is 12.3. The highest BCUT2D eigenvalue weighted by Gasteiger charge is 2.06. The van der Waals surface area contributed by atoms with E-state index in [2.05, 4.69) is 10.3 Å². The Bertz CT molecular complexity index is 909. The fraction of sp³-hybridized carbons (Fsp3) is 0.182. The SMILES string of the molecule is NC(=Nc1cccc(C(=O)NCCCCOc2ccccc2)c1)c1cccs1. The van der Waals surface area contributed by atoms with Crippen molar-refractivity contribution in [2.24, 2.45) is 10.7 Å². The second-order valence-corrected chi connectivity index (χ2v) is 7.10. The normalized spacial score (nSPS) is 11.2. The largest absolute Gasteiger partial charge is 0.494 e. The first-order valence-corrected chi connectivity index (χ1v) is 10.0. The molecule has 3 rings (SSSR count). The summed E-state index contributed by atoms with van der Waals surface area (Å²) >= 11 is 1.53. The van der Waals surface area contributed by atoms with Crippen molar-refractivity contribution in [3.63, 3.8) is 0 Å². The first-order valence-electron chi connectivity index (χ1n) is 9.16. The summed E-state index contributed by atoms with van der Waals surface area (Å²) in [7, 11) is 0. The zero-order chi connectivity index (χ0) is 19.6. The third-order valence-electron chi connectivity index (χ3n) is 4.00. The first kappa shape index (κ1) is 19.6. The van der Waals surface area contributed by atoms with Crippen molar-refractivity contribution in [3.8, 4) is 5.75 Å². The molecule has 0 fully saturated rings. The Balaban J connectivity index is 1.44. The Hall–Kier alpha value is -3.12. The summed E-state index contributed by atoms with van der Waals surface area (Å²) in [6, 6.07) is 20.7. The molecule has 0 saturated heterocycles. The van der Waals surface area contributed by atoms with Gasteiger partial charge in [-0.05, 0) is 54.6 Å². The highest BCUT2D eigenvalue weighted by molar-refractivity contribution is 7.12. The predicted octanol–water partition coefficient (Wildman–Crippen LogP) is 4.37. The molecule has 0 saturated carbocycles. The third kappa shape index (κ3) is 5.96. The van der Waals surface area contributed by atoms with Crippen molar-refractivity contribution in [1.82, 2.24) is 5.32 Å². The molecule has 0 aliphatic heterocycles. The first-order chi connectivity index (χ1) is 13.7. The minimum absolute atomic E-state index is 0.115. The number of carbonyl (C=O) groups excluding carboxylic acids is 1. The van der Waals surface area contributed by atoms with Gasteiger partial charge in [-0.1, -0.05) is 30.3 Å². The molecule has 3 aromatic rings. The summed E-state index contributed by atoms with van der Waals surface area (Å²) < 4.78 is 5.64. The highest BCUT2D eigenvalue weighted by Crippen LogP contribution is 2.17. The average molecular weight is 394 g/mol. The van der Waals surface area contributed by atoms with Crippen molar-refractivity contribution >= 4 is 28.8 Å². The van der Waals surface area contributed by atoms with E-state index in [1.807, 2.05) is 60.0 Å². The molecule has 144 valence electrons. The second kappa shape index (κ2) is 10.3. The molecule has 28 heavy (non-hydrogen) atoms. The van der Waals surface area contributed by atoms with Crippen molar-refractivity contribution in [2.45, 2.75) is 12.8 Å². The van der Waals surface area contributed by atoms with Crippen LogP contribution in [0, 0.1) is 0 Å². The molecule has 0 bridgehead atoms. The van der Waals surface area contributed by atoms with Crippen LogP contribution >= 0.6 is 11.3 Å². The smallest absolute Gasteiger partial charge is 0.251 e. The molecule has 6 heteroatoms. The zero-order valence-electron chi connectivity index (χ0n) is 15.5. The van der Waals surface area contributed by atoms with Gasteiger partial charge in [-0.2, -0.15) is 0 Å². The van der Waals surface area contributed by atoms with Crippen LogP contribution in [-0.4, -0.2) is 24.9 Å². The van der Waals surface area contributed by atoms with Crippen LogP contribution in [0.5, 0.6) is 5.75 Å². The number of amidine groups is 1. The molecule has 1 amide bonds. The summed E-state index contributed by atoms with van der Waals surface area (Å²) in [5.74, 6) is 1.20. The van der Waals surface area contributed by atoms with Crippen molar-refractivity contribution in [3.05, 3.63) is 82.6 Å². The predicted molar refractivity (Wildman–Crippen MR) is 115 cm³/mol. The van der Waals surface area contributed by atoms with Gasteiger partial charge in [0.15, 0.2) is 0 Å². The minimum atomic E-state index is -0.115. The van der Waals surface area contributed by atoms with Crippen molar-refractivity contribution < 1.29 is 9.53 Å². The van der Waals surface area contributed by atoms with Gasteiger partial charge in [0.1, 0.15) is 11.6 Å². The van der Waals surface area contributed by atoms with Crippen LogP contribution in [-0.2, 0) is 0 Å². The molecular formula is C22H23N3O2S. The summed E-state index contributed by atoms with van der Waals surface area (Å²) in [6.07, 6.45) is 1.72. The van der Waals surface area contributed by atoms with Gasteiger partial charge in [0.2, 0.25) is 0 Å². The second-order valence-electron chi connectivity index (χ2n) is 6.15. The molecule has 1 heterocycles. The topological polar surface area (TPSA) is 76.7 Å². The summed E-state index contributed by atoms with van der Waals surface area (Å²) in [6.45, 7) is 1.23. The highest BCUT2D eigenvalue weighted by atomic mass is 32.1. The van der Waals surface area contributed by atoms with Gasteiger partial charge >= 0.3 is 0 Å². The van der Waals surface area contributed by atoms with Crippen LogP contribution in [0.2, 0.25) is 0 Å². The van der Waals surface area contributed by atoms with E-state index in [1.165, 1.54) is 11.3 Å². The Labute approximate surface area is 168 Å². The lowest BCUT2D eigenvalue weighted by Gasteiger charge is -2.07. The molecule has 3 N–H and O–H groups in total. The van der Waals surface area contributed by atoms with Gasteiger partial charge in [-0.3, -0.25) is 4.79 Å². The number of nitrogens with two attached hydrogens (primary N) is 1. The van der Waals surface area contributed by atoms with Crippen LogP contribution in [0.1, 0.15) is 28.1 Å². The molecule has 2 aromatic carbocycles. The van der Waals surface area contributed by atoms with E-state index in [-0.39, 0.29) is 5.91 Å². The fourth-order valence-corrected chi connectivity index (χ4v) is 3.20. The summed E-state index contributed by atoms with van der Waals surface area (Å²) in [5.41, 5.74) is 7.25. The Kier molecular flexibility index (Phi) is 7.21. The summed E-state index contributed by atoms with van der Waals surface area (Å²) in [4.78, 5) is 17.7. The lowest BCUT2D eigenvalue weighted by Crippen LogP contribution is -2.24. The van der Waals surface area contributed by atoms with E-state index >= 15 is 0 Å². The number of hydrogen-bond acceptors (Lipinski definition) is 4. The molecule has 0 unspecified atom stereocenters. The molecule has 0 aliphatic carbocycles. The maximum atomic E-state index is 12.3. The number of hydrogen-bond donors (Lipinski definition) is 2. The lowest BCUT2D eigenvalue weighted by molar-refractivity contribution is 0.0952. The number of nitrogens with zero attached hydrogens (tertiary/aromatic N) is 1. The van der Waals surface area contributed by atoms with E-state index in [0.717, 1.165) is 23.5 Å². The van der Waals surface area contributed by atoms with E-state index in [0.29, 0.717) is 30.2 Å². The van der Waals surface area contributed by atoms with Gasteiger partial charge < -0.3 is 15.8 Å².